The Hall–Kier alpha value is -2.62. The van der Waals surface area contributed by atoms with Crippen LogP contribution in [0.5, 0.6) is 5.75 Å². The number of para-hydroxylation sites is 1. The zero-order valence-electron chi connectivity index (χ0n) is 16.3. The molecular weight excluding hydrogens is 486 g/mol. The normalized spacial score (nSPS) is 12.0. The lowest BCUT2D eigenvalue weighted by Crippen LogP contribution is -2.41. The lowest BCUT2D eigenvalue weighted by Gasteiger charge is -2.17. The van der Waals surface area contributed by atoms with E-state index in [1.807, 2.05) is 43.3 Å². The fourth-order valence-electron chi connectivity index (χ4n) is 2.57. The Labute approximate surface area is 186 Å². The summed E-state index contributed by atoms with van der Waals surface area (Å²) >= 11 is 0. The molecule has 1 unspecified atom stereocenters. The fraction of sp³-hybridized carbons (Fsp3) is 0.238. The summed E-state index contributed by atoms with van der Waals surface area (Å²) < 4.78 is 24.6. The van der Waals surface area contributed by atoms with Crippen LogP contribution in [0.3, 0.4) is 0 Å². The molecule has 1 aromatic heterocycles. The maximum atomic E-state index is 13.7. The molecule has 1 heterocycles. The molecule has 3 rings (SSSR count). The monoisotopic (exact) mass is 510 g/mol. The number of hydrogen-bond acceptors (Lipinski definition) is 4. The maximum absolute atomic E-state index is 13.7. The minimum absolute atomic E-state index is 0. The molecule has 0 aliphatic carbocycles. The number of rotatable bonds is 7. The summed E-state index contributed by atoms with van der Waals surface area (Å²) in [4.78, 5) is 4.17. The number of guanidine groups is 1. The van der Waals surface area contributed by atoms with Gasteiger partial charge in [0.25, 0.3) is 0 Å². The van der Waals surface area contributed by atoms with Gasteiger partial charge in [-0.05, 0) is 19.1 Å². The van der Waals surface area contributed by atoms with Gasteiger partial charge in [0.2, 0.25) is 0 Å². The van der Waals surface area contributed by atoms with Gasteiger partial charge in [-0.1, -0.05) is 47.6 Å². The minimum atomic E-state index is -0.378. The average Bonchev–Trinajstić information content (AvgIpc) is 3.20. The molecule has 1 atom stereocenters. The highest BCUT2D eigenvalue weighted by Crippen LogP contribution is 2.19. The number of benzene rings is 2. The zero-order valence-corrected chi connectivity index (χ0v) is 18.6. The van der Waals surface area contributed by atoms with Crippen molar-refractivity contribution in [3.63, 3.8) is 0 Å². The lowest BCUT2D eigenvalue weighted by molar-refractivity contribution is 0.214. The summed E-state index contributed by atoms with van der Waals surface area (Å²) in [6.07, 6.45) is -0.243. The molecule has 154 valence electrons. The number of halogens is 2. The first-order valence-corrected chi connectivity index (χ1v) is 9.02. The van der Waals surface area contributed by atoms with Crippen molar-refractivity contribution < 1.29 is 13.7 Å². The molecular formula is C21H24FIN4O2. The van der Waals surface area contributed by atoms with E-state index in [0.29, 0.717) is 24.8 Å². The molecule has 8 heteroatoms. The van der Waals surface area contributed by atoms with E-state index in [-0.39, 0.29) is 41.6 Å². The van der Waals surface area contributed by atoms with Gasteiger partial charge in [-0.3, -0.25) is 4.99 Å². The van der Waals surface area contributed by atoms with Crippen LogP contribution in [0.15, 0.2) is 70.2 Å². The van der Waals surface area contributed by atoms with Gasteiger partial charge in [-0.25, -0.2) is 4.39 Å². The smallest absolute Gasteiger partial charge is 0.191 e. The van der Waals surface area contributed by atoms with E-state index in [0.717, 1.165) is 11.3 Å². The molecule has 0 fully saturated rings. The van der Waals surface area contributed by atoms with E-state index in [2.05, 4.69) is 20.8 Å². The van der Waals surface area contributed by atoms with Crippen LogP contribution in [-0.2, 0) is 6.54 Å². The minimum Gasteiger partial charge on any atom is -0.486 e. The molecule has 29 heavy (non-hydrogen) atoms. The van der Waals surface area contributed by atoms with Gasteiger partial charge in [-0.15, -0.1) is 24.0 Å². The number of hydrogen-bond donors (Lipinski definition) is 2. The standard InChI is InChI=1S/C21H23FN4O2.HI/c1-15(27-19-11-7-6-10-18(19)22)13-24-21(23-2)25-14-17-12-20(28-26-17)16-8-4-3-5-9-16;/h3-12,15H,13-14H2,1-2H3,(H2,23,24,25);1H. The van der Waals surface area contributed by atoms with Gasteiger partial charge in [0.1, 0.15) is 11.8 Å². The second kappa shape index (κ2) is 11.4. The highest BCUT2D eigenvalue weighted by atomic mass is 127. The summed E-state index contributed by atoms with van der Waals surface area (Å²) in [5.41, 5.74) is 1.74. The topological polar surface area (TPSA) is 71.7 Å². The molecule has 3 aromatic rings. The average molecular weight is 510 g/mol. The number of aliphatic imine (C=N–C) groups is 1. The van der Waals surface area contributed by atoms with Crippen molar-refractivity contribution in [1.82, 2.24) is 15.8 Å². The van der Waals surface area contributed by atoms with Crippen molar-refractivity contribution in [2.75, 3.05) is 13.6 Å². The first-order chi connectivity index (χ1) is 13.7. The van der Waals surface area contributed by atoms with Gasteiger partial charge in [0, 0.05) is 18.7 Å². The maximum Gasteiger partial charge on any atom is 0.191 e. The van der Waals surface area contributed by atoms with Gasteiger partial charge < -0.3 is 19.9 Å². The highest BCUT2D eigenvalue weighted by Gasteiger charge is 2.10. The first kappa shape index (κ1) is 22.7. The first-order valence-electron chi connectivity index (χ1n) is 9.02. The predicted molar refractivity (Wildman–Crippen MR) is 122 cm³/mol. The largest absolute Gasteiger partial charge is 0.486 e. The summed E-state index contributed by atoms with van der Waals surface area (Å²) in [5.74, 6) is 1.16. The Bertz CT molecular complexity index is 918. The van der Waals surface area contributed by atoms with Crippen LogP contribution in [0.25, 0.3) is 11.3 Å². The van der Waals surface area contributed by atoms with Crippen LogP contribution in [0, 0.1) is 5.82 Å². The highest BCUT2D eigenvalue weighted by molar-refractivity contribution is 14.0. The van der Waals surface area contributed by atoms with Crippen LogP contribution in [0.4, 0.5) is 4.39 Å². The number of nitrogens with one attached hydrogen (secondary N) is 2. The molecule has 0 aliphatic heterocycles. The number of nitrogens with zero attached hydrogens (tertiary/aromatic N) is 2. The van der Waals surface area contributed by atoms with Crippen LogP contribution >= 0.6 is 24.0 Å². The van der Waals surface area contributed by atoms with Crippen LogP contribution < -0.4 is 15.4 Å². The Morgan fingerprint density at radius 1 is 1.14 bits per heavy atom. The molecule has 0 radical (unpaired) electrons. The second-order valence-electron chi connectivity index (χ2n) is 6.21. The molecule has 0 amide bonds. The molecule has 0 saturated carbocycles. The molecule has 0 bridgehead atoms. The van der Waals surface area contributed by atoms with E-state index in [9.17, 15) is 4.39 Å². The van der Waals surface area contributed by atoms with Crippen LogP contribution in [0.1, 0.15) is 12.6 Å². The molecule has 2 N–H and O–H groups in total. The summed E-state index contributed by atoms with van der Waals surface area (Å²) in [5, 5.41) is 10.4. The van der Waals surface area contributed by atoms with Crippen molar-refractivity contribution in [3.8, 4) is 17.1 Å². The summed E-state index contributed by atoms with van der Waals surface area (Å²) in [7, 11) is 1.68. The van der Waals surface area contributed by atoms with Crippen molar-refractivity contribution in [2.24, 2.45) is 4.99 Å². The third kappa shape index (κ3) is 6.74. The van der Waals surface area contributed by atoms with Gasteiger partial charge >= 0.3 is 0 Å². The quantitative estimate of drug-likeness (QED) is 0.283. The molecule has 0 saturated heterocycles. The molecule has 2 aromatic carbocycles. The Morgan fingerprint density at radius 3 is 2.59 bits per heavy atom. The Morgan fingerprint density at radius 2 is 1.86 bits per heavy atom. The zero-order chi connectivity index (χ0) is 19.8. The summed E-state index contributed by atoms with van der Waals surface area (Å²) in [6.45, 7) is 2.77. The van der Waals surface area contributed by atoms with Crippen LogP contribution in [0.2, 0.25) is 0 Å². The van der Waals surface area contributed by atoms with E-state index in [1.54, 1.807) is 25.2 Å². The third-order valence-corrected chi connectivity index (χ3v) is 4.00. The Kier molecular flexibility index (Phi) is 8.91. The molecule has 6 nitrogen and oxygen atoms in total. The molecule has 0 aliphatic rings. The van der Waals surface area contributed by atoms with Gasteiger partial charge in [0.15, 0.2) is 23.3 Å². The predicted octanol–water partition coefficient (Wildman–Crippen LogP) is 4.23. The van der Waals surface area contributed by atoms with Crippen LogP contribution in [-0.4, -0.2) is 30.8 Å². The van der Waals surface area contributed by atoms with E-state index in [4.69, 9.17) is 9.26 Å². The third-order valence-electron chi connectivity index (χ3n) is 4.00. The van der Waals surface area contributed by atoms with E-state index < -0.39 is 0 Å². The van der Waals surface area contributed by atoms with Crippen molar-refractivity contribution in [3.05, 3.63) is 72.2 Å². The van der Waals surface area contributed by atoms with Gasteiger partial charge in [-0.2, -0.15) is 0 Å². The van der Waals surface area contributed by atoms with Crippen molar-refractivity contribution in [1.29, 1.82) is 0 Å². The van der Waals surface area contributed by atoms with E-state index in [1.165, 1.54) is 6.07 Å². The van der Waals surface area contributed by atoms with Gasteiger partial charge in [0.05, 0.1) is 13.1 Å². The van der Waals surface area contributed by atoms with Crippen molar-refractivity contribution in [2.45, 2.75) is 19.6 Å². The van der Waals surface area contributed by atoms with E-state index >= 15 is 0 Å². The fourth-order valence-corrected chi connectivity index (χ4v) is 2.57. The lowest BCUT2D eigenvalue weighted by atomic mass is 10.2. The van der Waals surface area contributed by atoms with Crippen molar-refractivity contribution >= 4 is 29.9 Å². The summed E-state index contributed by atoms with van der Waals surface area (Å²) in [6, 6.07) is 18.0. The number of aromatic nitrogens is 1. The SMILES string of the molecule is CN=C(NCc1cc(-c2ccccc2)on1)NCC(C)Oc1ccccc1F.I. The Balaban J connectivity index is 0.00000300. The number of ether oxygens (including phenoxy) is 1. The second-order valence-corrected chi connectivity index (χ2v) is 6.21. The molecule has 0 spiro atoms.